The molecule has 0 spiro atoms. The summed E-state index contributed by atoms with van der Waals surface area (Å²) in [4.78, 5) is 5.97. The van der Waals surface area contributed by atoms with E-state index >= 15 is 0 Å². The number of imidazole rings is 1. The summed E-state index contributed by atoms with van der Waals surface area (Å²) in [7, 11) is 0. The maximum Gasteiger partial charge on any atom is 0.151 e. The van der Waals surface area contributed by atoms with Crippen LogP contribution < -0.4 is 0 Å². The number of halogens is 1. The van der Waals surface area contributed by atoms with E-state index < -0.39 is 0 Å². The third-order valence-corrected chi connectivity index (χ3v) is 4.77. The van der Waals surface area contributed by atoms with Crippen molar-refractivity contribution >= 4 is 22.4 Å². The second-order valence-corrected chi connectivity index (χ2v) is 6.57. The van der Waals surface area contributed by atoms with Gasteiger partial charge >= 0.3 is 0 Å². The van der Waals surface area contributed by atoms with Gasteiger partial charge in [-0.2, -0.15) is 0 Å². The van der Waals surface area contributed by atoms with Crippen molar-refractivity contribution in [1.29, 1.82) is 0 Å². The molecule has 0 aliphatic heterocycles. The van der Waals surface area contributed by atoms with E-state index in [0.717, 1.165) is 27.3 Å². The average molecular weight is 322 g/mol. The fourth-order valence-electron chi connectivity index (χ4n) is 2.77. The molecule has 114 valence electrons. The highest BCUT2D eigenvalue weighted by molar-refractivity contribution is 7.13. The van der Waals surface area contributed by atoms with Crippen LogP contribution in [0.3, 0.4) is 0 Å². The highest BCUT2D eigenvalue weighted by Crippen LogP contribution is 2.29. The van der Waals surface area contributed by atoms with E-state index in [4.69, 9.17) is 4.98 Å². The Morgan fingerprint density at radius 3 is 2.65 bits per heavy atom. The zero-order chi connectivity index (χ0) is 15.8. The molecule has 4 aromatic rings. The van der Waals surface area contributed by atoms with Gasteiger partial charge < -0.3 is 4.57 Å². The molecule has 0 aliphatic rings. The minimum Gasteiger partial charge on any atom is -0.319 e. The fourth-order valence-corrected chi connectivity index (χ4v) is 3.49. The van der Waals surface area contributed by atoms with E-state index in [1.54, 1.807) is 11.3 Å². The van der Waals surface area contributed by atoms with E-state index in [0.29, 0.717) is 6.54 Å². The summed E-state index contributed by atoms with van der Waals surface area (Å²) >= 11 is 1.68. The number of hydrogen-bond acceptors (Lipinski definition) is 2. The molecule has 0 saturated heterocycles. The summed E-state index contributed by atoms with van der Waals surface area (Å²) in [6, 6.07) is 17.1. The van der Waals surface area contributed by atoms with Crippen molar-refractivity contribution in [3.05, 3.63) is 76.9 Å². The zero-order valence-electron chi connectivity index (χ0n) is 12.7. The first-order chi connectivity index (χ1) is 11.2. The van der Waals surface area contributed by atoms with Gasteiger partial charge in [0.05, 0.1) is 15.9 Å². The summed E-state index contributed by atoms with van der Waals surface area (Å²) in [5, 5.41) is 2.06. The standard InChI is InChI=1S/C19H15FN2S/c1-13-4-9-17-16(11-13)21-19(18-3-2-10-23-18)22(17)12-14-5-7-15(20)8-6-14/h2-11H,12H2,1H3. The van der Waals surface area contributed by atoms with Crippen LogP contribution in [0.25, 0.3) is 21.7 Å². The fraction of sp³-hybridized carbons (Fsp3) is 0.105. The van der Waals surface area contributed by atoms with Gasteiger partial charge in [0, 0.05) is 6.54 Å². The number of rotatable bonds is 3. The van der Waals surface area contributed by atoms with E-state index in [1.165, 1.54) is 17.7 Å². The number of benzene rings is 2. The van der Waals surface area contributed by atoms with Gasteiger partial charge in [0.2, 0.25) is 0 Å². The minimum absolute atomic E-state index is 0.210. The normalized spacial score (nSPS) is 11.2. The van der Waals surface area contributed by atoms with Gasteiger partial charge in [-0.3, -0.25) is 0 Å². The van der Waals surface area contributed by atoms with E-state index in [1.807, 2.05) is 18.2 Å². The zero-order valence-corrected chi connectivity index (χ0v) is 13.5. The van der Waals surface area contributed by atoms with Gasteiger partial charge in [-0.05, 0) is 53.8 Å². The molecule has 0 atom stereocenters. The van der Waals surface area contributed by atoms with Crippen molar-refractivity contribution in [1.82, 2.24) is 9.55 Å². The molecule has 2 heterocycles. The second kappa shape index (κ2) is 5.63. The van der Waals surface area contributed by atoms with E-state index in [-0.39, 0.29) is 5.82 Å². The lowest BCUT2D eigenvalue weighted by Crippen LogP contribution is -2.01. The Morgan fingerprint density at radius 2 is 1.91 bits per heavy atom. The van der Waals surface area contributed by atoms with Crippen molar-refractivity contribution in [2.45, 2.75) is 13.5 Å². The average Bonchev–Trinajstić information content (AvgIpc) is 3.17. The first-order valence-electron chi connectivity index (χ1n) is 7.46. The summed E-state index contributed by atoms with van der Waals surface area (Å²) < 4.78 is 15.4. The Balaban J connectivity index is 1.88. The number of aromatic nitrogens is 2. The van der Waals surface area contributed by atoms with Crippen molar-refractivity contribution in [3.63, 3.8) is 0 Å². The van der Waals surface area contributed by atoms with Crippen molar-refractivity contribution in [3.8, 4) is 10.7 Å². The molecule has 4 heteroatoms. The molecule has 0 aliphatic carbocycles. The Labute approximate surface area is 137 Å². The monoisotopic (exact) mass is 322 g/mol. The van der Waals surface area contributed by atoms with E-state index in [2.05, 4.69) is 41.1 Å². The summed E-state index contributed by atoms with van der Waals surface area (Å²) in [5.74, 6) is 0.753. The molecule has 0 N–H and O–H groups in total. The Bertz CT molecular complexity index is 953. The molecule has 23 heavy (non-hydrogen) atoms. The third-order valence-electron chi connectivity index (χ3n) is 3.90. The molecule has 0 radical (unpaired) electrons. The molecule has 0 fully saturated rings. The second-order valence-electron chi connectivity index (χ2n) is 5.62. The highest BCUT2D eigenvalue weighted by atomic mass is 32.1. The van der Waals surface area contributed by atoms with Crippen molar-refractivity contribution < 1.29 is 4.39 Å². The highest BCUT2D eigenvalue weighted by Gasteiger charge is 2.14. The predicted molar refractivity (Wildman–Crippen MR) is 93.3 cm³/mol. The molecular weight excluding hydrogens is 307 g/mol. The number of aryl methyl sites for hydroxylation is 1. The topological polar surface area (TPSA) is 17.8 Å². The van der Waals surface area contributed by atoms with Gasteiger partial charge in [-0.1, -0.05) is 24.3 Å². The van der Waals surface area contributed by atoms with Crippen LogP contribution in [0, 0.1) is 12.7 Å². The largest absolute Gasteiger partial charge is 0.319 e. The maximum atomic E-state index is 13.1. The van der Waals surface area contributed by atoms with Gasteiger partial charge in [0.1, 0.15) is 5.82 Å². The number of hydrogen-bond donors (Lipinski definition) is 0. The Hall–Kier alpha value is -2.46. The number of nitrogens with zero attached hydrogens (tertiary/aromatic N) is 2. The lowest BCUT2D eigenvalue weighted by Gasteiger charge is -2.08. The molecule has 0 amide bonds. The third kappa shape index (κ3) is 2.66. The molecule has 0 unspecified atom stereocenters. The summed E-state index contributed by atoms with van der Waals surface area (Å²) in [6.45, 7) is 2.75. The lowest BCUT2D eigenvalue weighted by molar-refractivity contribution is 0.626. The van der Waals surface area contributed by atoms with Gasteiger partial charge in [0.25, 0.3) is 0 Å². The van der Waals surface area contributed by atoms with Gasteiger partial charge in [0.15, 0.2) is 5.82 Å². The van der Waals surface area contributed by atoms with Crippen LogP contribution >= 0.6 is 11.3 Å². The van der Waals surface area contributed by atoms with Gasteiger partial charge in [-0.25, -0.2) is 9.37 Å². The summed E-state index contributed by atoms with van der Waals surface area (Å²) in [6.07, 6.45) is 0. The maximum absolute atomic E-state index is 13.1. The predicted octanol–water partition coefficient (Wildman–Crippen LogP) is 5.26. The molecule has 0 saturated carbocycles. The van der Waals surface area contributed by atoms with Crippen LogP contribution in [0.5, 0.6) is 0 Å². The van der Waals surface area contributed by atoms with Crippen LogP contribution in [0.15, 0.2) is 60.0 Å². The van der Waals surface area contributed by atoms with Crippen LogP contribution in [-0.4, -0.2) is 9.55 Å². The van der Waals surface area contributed by atoms with Crippen LogP contribution in [-0.2, 0) is 6.54 Å². The van der Waals surface area contributed by atoms with Crippen molar-refractivity contribution in [2.24, 2.45) is 0 Å². The molecule has 4 rings (SSSR count). The SMILES string of the molecule is Cc1ccc2c(c1)nc(-c1cccs1)n2Cc1ccc(F)cc1. The van der Waals surface area contributed by atoms with Crippen LogP contribution in [0.2, 0.25) is 0 Å². The molecule has 2 aromatic carbocycles. The van der Waals surface area contributed by atoms with Gasteiger partial charge in [-0.15, -0.1) is 11.3 Å². The smallest absolute Gasteiger partial charge is 0.151 e. The lowest BCUT2D eigenvalue weighted by atomic mass is 10.2. The van der Waals surface area contributed by atoms with E-state index in [9.17, 15) is 4.39 Å². The Kier molecular flexibility index (Phi) is 3.46. The molecule has 2 aromatic heterocycles. The Morgan fingerprint density at radius 1 is 1.09 bits per heavy atom. The summed E-state index contributed by atoms with van der Waals surface area (Å²) in [5.41, 5.74) is 4.35. The van der Waals surface area contributed by atoms with Crippen molar-refractivity contribution in [2.75, 3.05) is 0 Å². The number of fused-ring (bicyclic) bond motifs is 1. The number of thiophene rings is 1. The minimum atomic E-state index is -0.210. The van der Waals surface area contributed by atoms with Crippen LogP contribution in [0.4, 0.5) is 4.39 Å². The first kappa shape index (κ1) is 14.2. The molecular formula is C19H15FN2S. The quantitative estimate of drug-likeness (QED) is 0.503. The molecule has 0 bridgehead atoms. The van der Waals surface area contributed by atoms with Crippen LogP contribution in [0.1, 0.15) is 11.1 Å². The first-order valence-corrected chi connectivity index (χ1v) is 8.34. The molecule has 2 nitrogen and oxygen atoms in total.